The first-order chi connectivity index (χ1) is 9.38. The van der Waals surface area contributed by atoms with Crippen LogP contribution >= 0.6 is 11.3 Å². The van der Waals surface area contributed by atoms with Crippen molar-refractivity contribution in [2.24, 2.45) is 0 Å². The number of piperidine rings is 1. The Morgan fingerprint density at radius 2 is 2.47 bits per heavy atom. The van der Waals surface area contributed by atoms with Gasteiger partial charge in [0.25, 0.3) is 0 Å². The topological polar surface area (TPSA) is 24.5 Å². The Bertz CT molecular complexity index is 329. The molecule has 0 saturated carbocycles. The van der Waals surface area contributed by atoms with Gasteiger partial charge in [-0.1, -0.05) is 13.0 Å². The summed E-state index contributed by atoms with van der Waals surface area (Å²) in [4.78, 5) is 3.95. The summed E-state index contributed by atoms with van der Waals surface area (Å²) >= 11 is 1.82. The zero-order valence-corrected chi connectivity index (χ0v) is 12.8. The lowest BCUT2D eigenvalue weighted by molar-refractivity contribution is 0.000356. The molecule has 1 saturated heterocycles. The molecule has 0 amide bonds. The standard InChI is InChI=1S/C15H26N2OS/c1-2-10-18-14-5-3-8-17(13-14)9-7-16-12-15-6-4-11-19-15/h4,6,11,14,16H,2-3,5,7-10,12-13H2,1H3. The van der Waals surface area contributed by atoms with Gasteiger partial charge in [0, 0.05) is 37.7 Å². The molecule has 0 spiro atoms. The highest BCUT2D eigenvalue weighted by molar-refractivity contribution is 7.09. The zero-order chi connectivity index (χ0) is 13.3. The second-order valence-corrected chi connectivity index (χ2v) is 6.22. The van der Waals surface area contributed by atoms with Crippen molar-refractivity contribution < 1.29 is 4.74 Å². The fraction of sp³-hybridized carbons (Fsp3) is 0.733. The summed E-state index contributed by atoms with van der Waals surface area (Å²) in [5.74, 6) is 0. The van der Waals surface area contributed by atoms with Crippen molar-refractivity contribution in [1.82, 2.24) is 10.2 Å². The predicted octanol–water partition coefficient (Wildman–Crippen LogP) is 2.73. The van der Waals surface area contributed by atoms with Crippen molar-refractivity contribution in [3.63, 3.8) is 0 Å². The van der Waals surface area contributed by atoms with E-state index in [1.165, 1.54) is 24.3 Å². The van der Waals surface area contributed by atoms with Crippen molar-refractivity contribution in [3.05, 3.63) is 22.4 Å². The summed E-state index contributed by atoms with van der Waals surface area (Å²) in [5, 5.41) is 5.66. The van der Waals surface area contributed by atoms with Crippen LogP contribution < -0.4 is 5.32 Å². The van der Waals surface area contributed by atoms with E-state index >= 15 is 0 Å². The van der Waals surface area contributed by atoms with Crippen LogP contribution in [0.4, 0.5) is 0 Å². The molecule has 0 bridgehead atoms. The molecule has 1 aliphatic rings. The van der Waals surface area contributed by atoms with E-state index in [0.717, 1.165) is 39.2 Å². The summed E-state index contributed by atoms with van der Waals surface area (Å²) in [6.07, 6.45) is 4.10. The molecule has 19 heavy (non-hydrogen) atoms. The highest BCUT2D eigenvalue weighted by atomic mass is 32.1. The first-order valence-corrected chi connectivity index (χ1v) is 8.33. The van der Waals surface area contributed by atoms with Gasteiger partial charge in [-0.3, -0.25) is 4.90 Å². The largest absolute Gasteiger partial charge is 0.377 e. The molecule has 1 N–H and O–H groups in total. The molecular formula is C15H26N2OS. The Morgan fingerprint density at radius 1 is 1.53 bits per heavy atom. The molecule has 1 fully saturated rings. The van der Waals surface area contributed by atoms with Gasteiger partial charge in [-0.05, 0) is 37.3 Å². The molecule has 2 rings (SSSR count). The third-order valence-corrected chi connectivity index (χ3v) is 4.38. The number of ether oxygens (including phenoxy) is 1. The Hall–Kier alpha value is -0.420. The molecular weight excluding hydrogens is 256 g/mol. The van der Waals surface area contributed by atoms with Crippen molar-refractivity contribution in [2.75, 3.05) is 32.8 Å². The van der Waals surface area contributed by atoms with E-state index in [9.17, 15) is 0 Å². The minimum absolute atomic E-state index is 0.464. The molecule has 1 atom stereocenters. The average Bonchev–Trinajstić information content (AvgIpc) is 2.95. The molecule has 3 nitrogen and oxygen atoms in total. The fourth-order valence-corrected chi connectivity index (χ4v) is 3.17. The molecule has 1 unspecified atom stereocenters. The van der Waals surface area contributed by atoms with Gasteiger partial charge in [-0.25, -0.2) is 0 Å². The van der Waals surface area contributed by atoms with E-state index in [4.69, 9.17) is 4.74 Å². The highest BCUT2D eigenvalue weighted by Gasteiger charge is 2.19. The minimum atomic E-state index is 0.464. The maximum absolute atomic E-state index is 5.87. The second kappa shape index (κ2) is 8.69. The molecule has 0 radical (unpaired) electrons. The lowest BCUT2D eigenvalue weighted by atomic mass is 10.1. The number of nitrogens with one attached hydrogen (secondary N) is 1. The Balaban J connectivity index is 1.57. The molecule has 1 aromatic heterocycles. The van der Waals surface area contributed by atoms with Crippen LogP contribution in [0.5, 0.6) is 0 Å². The van der Waals surface area contributed by atoms with Crippen LogP contribution in [0.1, 0.15) is 31.1 Å². The summed E-state index contributed by atoms with van der Waals surface area (Å²) in [6, 6.07) is 4.30. The maximum Gasteiger partial charge on any atom is 0.0702 e. The minimum Gasteiger partial charge on any atom is -0.377 e. The van der Waals surface area contributed by atoms with Gasteiger partial charge in [0.15, 0.2) is 0 Å². The van der Waals surface area contributed by atoms with Gasteiger partial charge in [0.1, 0.15) is 0 Å². The molecule has 108 valence electrons. The Kier molecular flexibility index (Phi) is 6.85. The molecule has 4 heteroatoms. The second-order valence-electron chi connectivity index (χ2n) is 5.19. The summed E-state index contributed by atoms with van der Waals surface area (Å²) in [6.45, 7) is 8.63. The van der Waals surface area contributed by atoms with E-state index in [1.54, 1.807) is 0 Å². The van der Waals surface area contributed by atoms with Crippen LogP contribution in [0.15, 0.2) is 17.5 Å². The first-order valence-electron chi connectivity index (χ1n) is 7.45. The van der Waals surface area contributed by atoms with Gasteiger partial charge >= 0.3 is 0 Å². The van der Waals surface area contributed by atoms with E-state index < -0.39 is 0 Å². The SMILES string of the molecule is CCCOC1CCCN(CCNCc2cccs2)C1. The van der Waals surface area contributed by atoms with Crippen molar-refractivity contribution in [1.29, 1.82) is 0 Å². The van der Waals surface area contributed by atoms with E-state index in [2.05, 4.69) is 34.7 Å². The zero-order valence-electron chi connectivity index (χ0n) is 11.9. The molecule has 1 aromatic rings. The van der Waals surface area contributed by atoms with Crippen LogP contribution in [-0.4, -0.2) is 43.8 Å². The average molecular weight is 282 g/mol. The van der Waals surface area contributed by atoms with E-state index in [0.29, 0.717) is 6.10 Å². The molecule has 0 aliphatic carbocycles. The lowest BCUT2D eigenvalue weighted by Gasteiger charge is -2.32. The van der Waals surface area contributed by atoms with Crippen LogP contribution in [-0.2, 0) is 11.3 Å². The van der Waals surface area contributed by atoms with E-state index in [-0.39, 0.29) is 0 Å². The summed E-state index contributed by atoms with van der Waals surface area (Å²) < 4.78 is 5.87. The van der Waals surface area contributed by atoms with Gasteiger partial charge in [0.2, 0.25) is 0 Å². The van der Waals surface area contributed by atoms with Crippen molar-refractivity contribution in [3.8, 4) is 0 Å². The van der Waals surface area contributed by atoms with Gasteiger partial charge in [-0.2, -0.15) is 0 Å². The molecule has 2 heterocycles. The Morgan fingerprint density at radius 3 is 3.26 bits per heavy atom. The van der Waals surface area contributed by atoms with Crippen LogP contribution in [0.25, 0.3) is 0 Å². The van der Waals surface area contributed by atoms with Gasteiger partial charge in [-0.15, -0.1) is 11.3 Å². The Labute approximate surface area is 121 Å². The summed E-state index contributed by atoms with van der Waals surface area (Å²) in [5.41, 5.74) is 0. The third kappa shape index (κ3) is 5.61. The number of thiophene rings is 1. The highest BCUT2D eigenvalue weighted by Crippen LogP contribution is 2.13. The predicted molar refractivity (Wildman–Crippen MR) is 81.7 cm³/mol. The molecule has 1 aliphatic heterocycles. The van der Waals surface area contributed by atoms with E-state index in [1.807, 2.05) is 11.3 Å². The number of hydrogen-bond acceptors (Lipinski definition) is 4. The molecule has 0 aromatic carbocycles. The smallest absolute Gasteiger partial charge is 0.0702 e. The fourth-order valence-electron chi connectivity index (χ4n) is 2.50. The van der Waals surface area contributed by atoms with Crippen LogP contribution in [0.3, 0.4) is 0 Å². The van der Waals surface area contributed by atoms with Crippen LogP contribution in [0.2, 0.25) is 0 Å². The number of likely N-dealkylation sites (tertiary alicyclic amines) is 1. The third-order valence-electron chi connectivity index (χ3n) is 3.50. The normalized spacial score (nSPS) is 20.8. The van der Waals surface area contributed by atoms with Gasteiger partial charge < -0.3 is 10.1 Å². The van der Waals surface area contributed by atoms with Crippen LogP contribution in [0, 0.1) is 0 Å². The number of hydrogen-bond donors (Lipinski definition) is 1. The number of nitrogens with zero attached hydrogens (tertiary/aromatic N) is 1. The monoisotopic (exact) mass is 282 g/mol. The first kappa shape index (κ1) is 15.0. The summed E-state index contributed by atoms with van der Waals surface area (Å²) in [7, 11) is 0. The van der Waals surface area contributed by atoms with Crippen molar-refractivity contribution in [2.45, 2.75) is 38.8 Å². The maximum atomic E-state index is 5.87. The van der Waals surface area contributed by atoms with Gasteiger partial charge in [0.05, 0.1) is 6.10 Å². The lowest BCUT2D eigenvalue weighted by Crippen LogP contribution is -2.42. The van der Waals surface area contributed by atoms with Crippen molar-refractivity contribution >= 4 is 11.3 Å². The quantitative estimate of drug-likeness (QED) is 0.742. The number of rotatable bonds is 8.